The molecule has 2 aromatic heterocycles. The maximum atomic E-state index is 11.8. The van der Waals surface area contributed by atoms with Crippen molar-refractivity contribution in [1.29, 1.82) is 0 Å². The van der Waals surface area contributed by atoms with Crippen molar-refractivity contribution in [2.45, 2.75) is 26.4 Å². The first-order valence-electron chi connectivity index (χ1n) is 6.96. The number of carbonyl (C=O) groups is 1. The fourth-order valence-electron chi connectivity index (χ4n) is 1.73. The maximum absolute atomic E-state index is 11.8. The highest BCUT2D eigenvalue weighted by Gasteiger charge is 2.09. The van der Waals surface area contributed by atoms with Crippen molar-refractivity contribution >= 4 is 5.91 Å². The van der Waals surface area contributed by atoms with Gasteiger partial charge >= 0.3 is 0 Å². The van der Waals surface area contributed by atoms with E-state index in [1.54, 1.807) is 18.7 Å². The van der Waals surface area contributed by atoms with Crippen molar-refractivity contribution in [2.24, 2.45) is 0 Å². The lowest BCUT2D eigenvalue weighted by Crippen LogP contribution is -2.38. The molecule has 6 nitrogen and oxygen atoms in total. The second kappa shape index (κ2) is 6.99. The summed E-state index contributed by atoms with van der Waals surface area (Å²) in [6, 6.07) is 4.21. The summed E-state index contributed by atoms with van der Waals surface area (Å²) >= 11 is 0. The van der Waals surface area contributed by atoms with Gasteiger partial charge in [0.15, 0.2) is 0 Å². The first-order valence-corrected chi connectivity index (χ1v) is 6.96. The summed E-state index contributed by atoms with van der Waals surface area (Å²) < 4.78 is 1.83. The minimum atomic E-state index is 0.0184. The van der Waals surface area contributed by atoms with E-state index in [4.69, 9.17) is 0 Å². The van der Waals surface area contributed by atoms with E-state index >= 15 is 0 Å². The van der Waals surface area contributed by atoms with E-state index in [-0.39, 0.29) is 5.91 Å². The normalized spacial score (nSPS) is 11.1. The van der Waals surface area contributed by atoms with Crippen LogP contribution in [-0.2, 0) is 11.3 Å². The Morgan fingerprint density at radius 1 is 1.43 bits per heavy atom. The van der Waals surface area contributed by atoms with Gasteiger partial charge < -0.3 is 5.32 Å². The molecule has 6 heteroatoms. The second-order valence-corrected chi connectivity index (χ2v) is 5.28. The van der Waals surface area contributed by atoms with E-state index < -0.39 is 0 Å². The predicted molar refractivity (Wildman–Crippen MR) is 81.0 cm³/mol. The summed E-state index contributed by atoms with van der Waals surface area (Å²) in [7, 11) is 1.94. The van der Waals surface area contributed by atoms with E-state index in [9.17, 15) is 4.79 Å². The molecule has 0 radical (unpaired) electrons. The number of likely N-dealkylation sites (N-methyl/N-ethyl adjacent to an activating group) is 1. The summed E-state index contributed by atoms with van der Waals surface area (Å²) in [6.45, 7) is 5.01. The third-order valence-corrected chi connectivity index (χ3v) is 3.34. The van der Waals surface area contributed by atoms with Crippen LogP contribution in [0.3, 0.4) is 0 Å². The SMILES string of the molecule is CC(C)N(C)CC(=O)NCc1ccc(-n2ccnc2)nc1. The summed E-state index contributed by atoms with van der Waals surface area (Å²) in [5.41, 5.74) is 0.972. The van der Waals surface area contributed by atoms with Crippen molar-refractivity contribution in [1.82, 2.24) is 24.8 Å². The lowest BCUT2D eigenvalue weighted by Gasteiger charge is -2.20. The molecule has 2 rings (SSSR count). The Labute approximate surface area is 124 Å². The van der Waals surface area contributed by atoms with Gasteiger partial charge in [0.05, 0.1) is 6.54 Å². The molecule has 0 unspecified atom stereocenters. The Hall–Kier alpha value is -2.21. The van der Waals surface area contributed by atoms with Gasteiger partial charge in [-0.1, -0.05) is 6.07 Å². The monoisotopic (exact) mass is 287 g/mol. The Morgan fingerprint density at radius 2 is 2.24 bits per heavy atom. The molecule has 0 aliphatic carbocycles. The molecule has 0 bridgehead atoms. The second-order valence-electron chi connectivity index (χ2n) is 5.28. The van der Waals surface area contributed by atoms with Crippen LogP contribution in [0.2, 0.25) is 0 Å². The Kier molecular flexibility index (Phi) is 5.05. The number of hydrogen-bond acceptors (Lipinski definition) is 4. The average molecular weight is 287 g/mol. The van der Waals surface area contributed by atoms with E-state index in [0.29, 0.717) is 19.1 Å². The Morgan fingerprint density at radius 3 is 2.81 bits per heavy atom. The molecule has 0 saturated heterocycles. The topological polar surface area (TPSA) is 63.1 Å². The van der Waals surface area contributed by atoms with Crippen LogP contribution in [0, 0.1) is 0 Å². The molecule has 0 atom stereocenters. The minimum Gasteiger partial charge on any atom is -0.351 e. The third-order valence-electron chi connectivity index (χ3n) is 3.34. The van der Waals surface area contributed by atoms with Crippen LogP contribution in [0.15, 0.2) is 37.1 Å². The van der Waals surface area contributed by atoms with Gasteiger partial charge in [0.25, 0.3) is 0 Å². The van der Waals surface area contributed by atoms with E-state index in [2.05, 4.69) is 29.1 Å². The van der Waals surface area contributed by atoms with Crippen molar-refractivity contribution in [3.63, 3.8) is 0 Å². The number of aromatic nitrogens is 3. The third kappa shape index (κ3) is 4.39. The first-order chi connectivity index (χ1) is 10.1. The number of rotatable bonds is 6. The number of nitrogens with one attached hydrogen (secondary N) is 1. The highest BCUT2D eigenvalue weighted by Crippen LogP contribution is 2.05. The molecule has 21 heavy (non-hydrogen) atoms. The Bertz CT molecular complexity index is 562. The summed E-state index contributed by atoms with van der Waals surface area (Å²) in [5.74, 6) is 0.826. The van der Waals surface area contributed by atoms with Crippen LogP contribution in [-0.4, -0.2) is 45.0 Å². The lowest BCUT2D eigenvalue weighted by atomic mass is 10.2. The molecule has 1 amide bonds. The van der Waals surface area contributed by atoms with Gasteiger partial charge in [0, 0.05) is 31.2 Å². The van der Waals surface area contributed by atoms with Crippen molar-refractivity contribution in [3.05, 3.63) is 42.6 Å². The fraction of sp³-hybridized carbons (Fsp3) is 0.400. The lowest BCUT2D eigenvalue weighted by molar-refractivity contribution is -0.122. The zero-order valence-electron chi connectivity index (χ0n) is 12.7. The van der Waals surface area contributed by atoms with Gasteiger partial charge in [-0.05, 0) is 32.5 Å². The van der Waals surface area contributed by atoms with Crippen LogP contribution in [0.1, 0.15) is 19.4 Å². The predicted octanol–water partition coefficient (Wildman–Crippen LogP) is 1.22. The van der Waals surface area contributed by atoms with E-state index in [0.717, 1.165) is 11.4 Å². The molecule has 2 aromatic rings. The Balaban J connectivity index is 1.85. The molecule has 2 heterocycles. The molecule has 0 aliphatic heterocycles. The number of imidazole rings is 1. The van der Waals surface area contributed by atoms with Gasteiger partial charge in [-0.2, -0.15) is 0 Å². The largest absolute Gasteiger partial charge is 0.351 e. The molecular weight excluding hydrogens is 266 g/mol. The average Bonchev–Trinajstić information content (AvgIpc) is 2.99. The zero-order chi connectivity index (χ0) is 15.2. The fourth-order valence-corrected chi connectivity index (χ4v) is 1.73. The zero-order valence-corrected chi connectivity index (χ0v) is 12.7. The van der Waals surface area contributed by atoms with Crippen molar-refractivity contribution in [2.75, 3.05) is 13.6 Å². The molecular formula is C15H21N5O. The van der Waals surface area contributed by atoms with E-state index in [1.165, 1.54) is 0 Å². The highest BCUT2D eigenvalue weighted by atomic mass is 16.2. The molecule has 0 aromatic carbocycles. The van der Waals surface area contributed by atoms with Gasteiger partial charge in [-0.3, -0.25) is 14.3 Å². The standard InChI is InChI=1S/C15H21N5O/c1-12(2)19(3)10-15(21)18-9-13-4-5-14(17-8-13)20-7-6-16-11-20/h4-8,11-12H,9-10H2,1-3H3,(H,18,21). The first kappa shape index (κ1) is 15.2. The quantitative estimate of drug-likeness (QED) is 0.868. The maximum Gasteiger partial charge on any atom is 0.234 e. The van der Waals surface area contributed by atoms with Crippen LogP contribution >= 0.6 is 0 Å². The van der Waals surface area contributed by atoms with Crippen molar-refractivity contribution < 1.29 is 4.79 Å². The van der Waals surface area contributed by atoms with Crippen LogP contribution in [0.25, 0.3) is 5.82 Å². The van der Waals surface area contributed by atoms with Crippen LogP contribution in [0.4, 0.5) is 0 Å². The smallest absolute Gasteiger partial charge is 0.234 e. The molecule has 0 fully saturated rings. The van der Waals surface area contributed by atoms with Gasteiger partial charge in [-0.15, -0.1) is 0 Å². The molecule has 1 N–H and O–H groups in total. The van der Waals surface area contributed by atoms with Crippen LogP contribution in [0.5, 0.6) is 0 Å². The molecule has 0 aliphatic rings. The van der Waals surface area contributed by atoms with Gasteiger partial charge in [-0.25, -0.2) is 9.97 Å². The van der Waals surface area contributed by atoms with Crippen molar-refractivity contribution in [3.8, 4) is 5.82 Å². The summed E-state index contributed by atoms with van der Waals surface area (Å²) in [5, 5.41) is 2.90. The summed E-state index contributed by atoms with van der Waals surface area (Å²) in [4.78, 5) is 22.1. The highest BCUT2D eigenvalue weighted by molar-refractivity contribution is 5.77. The summed E-state index contributed by atoms with van der Waals surface area (Å²) in [6.07, 6.45) is 7.01. The van der Waals surface area contributed by atoms with Gasteiger partial charge in [0.1, 0.15) is 12.1 Å². The molecule has 0 saturated carbocycles. The van der Waals surface area contributed by atoms with Gasteiger partial charge in [0.2, 0.25) is 5.91 Å². The van der Waals surface area contributed by atoms with E-state index in [1.807, 2.05) is 34.8 Å². The number of pyridine rings is 1. The minimum absolute atomic E-state index is 0.0184. The molecule has 112 valence electrons. The number of carbonyl (C=O) groups excluding carboxylic acids is 1. The number of nitrogens with zero attached hydrogens (tertiary/aromatic N) is 4. The number of amides is 1. The number of hydrogen-bond donors (Lipinski definition) is 1. The van der Waals surface area contributed by atoms with Crippen LogP contribution < -0.4 is 5.32 Å². The molecule has 0 spiro atoms.